The predicted octanol–water partition coefficient (Wildman–Crippen LogP) is 5.02. The summed E-state index contributed by atoms with van der Waals surface area (Å²) < 4.78 is 14.0. The van der Waals surface area contributed by atoms with Crippen LogP contribution < -0.4 is 15.2 Å². The number of ether oxygens (including phenoxy) is 2. The van der Waals surface area contributed by atoms with Gasteiger partial charge < -0.3 is 19.8 Å². The number of unbranched alkanes of at least 4 members (excludes halogenated alkanes) is 4. The standard InChI is InChI=1S/C19H22BrN5O2S/c1-2-3-4-5-6-7-25-18-16(17(21)22-10-23-18)24-19(25)28-15-9-14-13(8-12(15)20)26-11-27-14/h8-10H,2-7,11H2,1H3,(H2,21,22,23). The van der Waals surface area contributed by atoms with Gasteiger partial charge >= 0.3 is 0 Å². The van der Waals surface area contributed by atoms with Gasteiger partial charge in [-0.15, -0.1) is 0 Å². The maximum absolute atomic E-state index is 6.05. The first-order chi connectivity index (χ1) is 13.7. The van der Waals surface area contributed by atoms with Crippen molar-refractivity contribution in [3.63, 3.8) is 0 Å². The zero-order valence-corrected chi connectivity index (χ0v) is 18.1. The minimum Gasteiger partial charge on any atom is -0.454 e. The van der Waals surface area contributed by atoms with E-state index in [9.17, 15) is 0 Å². The second-order valence-corrected chi connectivity index (χ2v) is 8.49. The number of anilines is 1. The molecule has 3 heterocycles. The van der Waals surface area contributed by atoms with E-state index in [1.807, 2.05) is 12.1 Å². The highest BCUT2D eigenvalue weighted by Crippen LogP contribution is 2.43. The minimum absolute atomic E-state index is 0.248. The normalized spacial score (nSPS) is 12.8. The zero-order valence-electron chi connectivity index (χ0n) is 15.7. The summed E-state index contributed by atoms with van der Waals surface area (Å²) in [6.07, 6.45) is 7.51. The van der Waals surface area contributed by atoms with Crippen molar-refractivity contribution in [1.29, 1.82) is 0 Å². The van der Waals surface area contributed by atoms with Crippen LogP contribution in [-0.4, -0.2) is 26.3 Å². The fourth-order valence-corrected chi connectivity index (χ4v) is 4.67. The van der Waals surface area contributed by atoms with Crippen LogP contribution >= 0.6 is 27.7 Å². The van der Waals surface area contributed by atoms with Gasteiger partial charge in [-0.2, -0.15) is 0 Å². The molecule has 3 aromatic rings. The molecule has 0 spiro atoms. The Bertz CT molecular complexity index is 994. The number of aromatic nitrogens is 4. The Labute approximate surface area is 176 Å². The van der Waals surface area contributed by atoms with Crippen molar-refractivity contribution in [2.75, 3.05) is 12.5 Å². The Morgan fingerprint density at radius 1 is 1.14 bits per heavy atom. The monoisotopic (exact) mass is 463 g/mol. The highest BCUT2D eigenvalue weighted by molar-refractivity contribution is 9.10. The van der Waals surface area contributed by atoms with Crippen LogP contribution in [0.25, 0.3) is 11.2 Å². The molecular weight excluding hydrogens is 442 g/mol. The lowest BCUT2D eigenvalue weighted by Gasteiger charge is -2.10. The Morgan fingerprint density at radius 3 is 2.75 bits per heavy atom. The zero-order chi connectivity index (χ0) is 19.5. The van der Waals surface area contributed by atoms with Crippen molar-refractivity contribution < 1.29 is 9.47 Å². The fourth-order valence-electron chi connectivity index (χ4n) is 3.16. The number of fused-ring (bicyclic) bond motifs is 2. The molecule has 0 unspecified atom stereocenters. The van der Waals surface area contributed by atoms with E-state index in [2.05, 4.69) is 37.4 Å². The lowest BCUT2D eigenvalue weighted by Crippen LogP contribution is -2.02. The van der Waals surface area contributed by atoms with E-state index < -0.39 is 0 Å². The second kappa shape index (κ2) is 8.57. The van der Waals surface area contributed by atoms with Gasteiger partial charge in [0.2, 0.25) is 6.79 Å². The number of halogens is 1. The molecule has 9 heteroatoms. The molecule has 1 aliphatic heterocycles. The van der Waals surface area contributed by atoms with Crippen LogP contribution in [0.5, 0.6) is 11.5 Å². The lowest BCUT2D eigenvalue weighted by molar-refractivity contribution is 0.174. The molecule has 4 rings (SSSR count). The largest absolute Gasteiger partial charge is 0.454 e. The molecule has 0 bridgehead atoms. The Morgan fingerprint density at radius 2 is 1.93 bits per heavy atom. The number of rotatable bonds is 8. The van der Waals surface area contributed by atoms with Gasteiger partial charge in [-0.3, -0.25) is 0 Å². The molecule has 28 heavy (non-hydrogen) atoms. The molecule has 1 aliphatic rings. The van der Waals surface area contributed by atoms with Crippen LogP contribution in [-0.2, 0) is 6.54 Å². The molecule has 0 aliphatic carbocycles. The Kier molecular flexibility index (Phi) is 5.91. The summed E-state index contributed by atoms with van der Waals surface area (Å²) in [6, 6.07) is 3.90. The van der Waals surface area contributed by atoms with E-state index in [4.69, 9.17) is 20.2 Å². The van der Waals surface area contributed by atoms with Gasteiger partial charge in [0.15, 0.2) is 33.6 Å². The third-order valence-electron chi connectivity index (χ3n) is 4.64. The maximum atomic E-state index is 6.05. The summed E-state index contributed by atoms with van der Waals surface area (Å²) in [6.45, 7) is 3.32. The summed E-state index contributed by atoms with van der Waals surface area (Å²) in [5, 5.41) is 0.845. The molecule has 0 amide bonds. The summed E-state index contributed by atoms with van der Waals surface area (Å²) in [4.78, 5) is 14.3. The minimum atomic E-state index is 0.248. The molecular formula is C19H22BrN5O2S. The Hall–Kier alpha value is -2.00. The maximum Gasteiger partial charge on any atom is 0.231 e. The van der Waals surface area contributed by atoms with E-state index >= 15 is 0 Å². The van der Waals surface area contributed by atoms with Gasteiger partial charge in [0.05, 0.1) is 0 Å². The number of imidazole rings is 1. The van der Waals surface area contributed by atoms with E-state index in [1.54, 1.807) is 11.8 Å². The van der Waals surface area contributed by atoms with Crippen molar-refractivity contribution >= 4 is 44.7 Å². The third kappa shape index (κ3) is 3.91. The van der Waals surface area contributed by atoms with E-state index in [1.165, 1.54) is 32.0 Å². The molecule has 0 saturated carbocycles. The number of aryl methyl sites for hydroxylation is 1. The third-order valence-corrected chi connectivity index (χ3v) is 6.61. The first-order valence-electron chi connectivity index (χ1n) is 9.41. The van der Waals surface area contributed by atoms with Crippen LogP contribution in [0.15, 0.2) is 33.0 Å². The van der Waals surface area contributed by atoms with Gasteiger partial charge in [0.1, 0.15) is 6.33 Å². The average Bonchev–Trinajstić information content (AvgIpc) is 3.27. The van der Waals surface area contributed by atoms with E-state index in [0.29, 0.717) is 11.3 Å². The van der Waals surface area contributed by atoms with Gasteiger partial charge in [0.25, 0.3) is 0 Å². The SMILES string of the molecule is CCCCCCCn1c(Sc2cc3c(cc2Br)OCO3)nc2c(N)ncnc21. The number of nitrogen functional groups attached to an aromatic ring is 1. The van der Waals surface area contributed by atoms with E-state index in [0.717, 1.165) is 44.6 Å². The summed E-state index contributed by atoms with van der Waals surface area (Å²) >= 11 is 5.18. The summed E-state index contributed by atoms with van der Waals surface area (Å²) in [7, 11) is 0. The highest BCUT2D eigenvalue weighted by Gasteiger charge is 2.20. The van der Waals surface area contributed by atoms with E-state index in [-0.39, 0.29) is 6.79 Å². The number of nitrogens with zero attached hydrogens (tertiary/aromatic N) is 4. The van der Waals surface area contributed by atoms with Gasteiger partial charge in [0, 0.05) is 15.9 Å². The van der Waals surface area contributed by atoms with Crippen molar-refractivity contribution in [3.05, 3.63) is 22.9 Å². The summed E-state index contributed by atoms with van der Waals surface area (Å²) in [5.41, 5.74) is 7.48. The predicted molar refractivity (Wildman–Crippen MR) is 113 cm³/mol. The molecule has 0 atom stereocenters. The molecule has 1 aromatic carbocycles. The van der Waals surface area contributed by atoms with Gasteiger partial charge in [-0.25, -0.2) is 15.0 Å². The molecule has 0 radical (unpaired) electrons. The van der Waals surface area contributed by atoms with Crippen molar-refractivity contribution in [3.8, 4) is 11.5 Å². The van der Waals surface area contributed by atoms with Crippen molar-refractivity contribution in [2.24, 2.45) is 0 Å². The van der Waals surface area contributed by atoms with Gasteiger partial charge in [-0.05, 0) is 34.5 Å². The van der Waals surface area contributed by atoms with Crippen molar-refractivity contribution in [2.45, 2.75) is 55.6 Å². The van der Waals surface area contributed by atoms with Crippen LogP contribution in [0.4, 0.5) is 5.82 Å². The molecule has 7 nitrogen and oxygen atoms in total. The average molecular weight is 464 g/mol. The lowest BCUT2D eigenvalue weighted by atomic mass is 10.1. The number of benzene rings is 1. The first kappa shape index (κ1) is 19.3. The first-order valence-corrected chi connectivity index (χ1v) is 11.0. The topological polar surface area (TPSA) is 88.1 Å². The number of hydrogen-bond donors (Lipinski definition) is 1. The Balaban J connectivity index is 1.64. The molecule has 2 N–H and O–H groups in total. The quantitative estimate of drug-likeness (QED) is 0.468. The summed E-state index contributed by atoms with van der Waals surface area (Å²) in [5.74, 6) is 1.89. The number of hydrogen-bond acceptors (Lipinski definition) is 7. The van der Waals surface area contributed by atoms with Gasteiger partial charge in [-0.1, -0.05) is 44.4 Å². The van der Waals surface area contributed by atoms with Crippen LogP contribution in [0, 0.1) is 0 Å². The van der Waals surface area contributed by atoms with Crippen LogP contribution in [0.1, 0.15) is 39.0 Å². The molecule has 2 aromatic heterocycles. The van der Waals surface area contributed by atoms with Crippen LogP contribution in [0.3, 0.4) is 0 Å². The highest BCUT2D eigenvalue weighted by atomic mass is 79.9. The second-order valence-electron chi connectivity index (χ2n) is 6.63. The smallest absolute Gasteiger partial charge is 0.231 e. The van der Waals surface area contributed by atoms with Crippen molar-refractivity contribution in [1.82, 2.24) is 19.5 Å². The number of nitrogens with two attached hydrogens (primary N) is 1. The fraction of sp³-hybridized carbons (Fsp3) is 0.421. The molecule has 0 saturated heterocycles. The molecule has 148 valence electrons. The van der Waals surface area contributed by atoms with Crippen LogP contribution in [0.2, 0.25) is 0 Å². The molecule has 0 fully saturated rings.